The van der Waals surface area contributed by atoms with Gasteiger partial charge in [-0.05, 0) is 38.6 Å². The van der Waals surface area contributed by atoms with Crippen molar-refractivity contribution in [3.05, 3.63) is 35.2 Å². The normalized spacial score (nSPS) is 15.3. The molecule has 0 unspecified atom stereocenters. The van der Waals surface area contributed by atoms with E-state index in [-0.39, 0.29) is 34.2 Å². The van der Waals surface area contributed by atoms with Crippen LogP contribution in [0.3, 0.4) is 0 Å². The summed E-state index contributed by atoms with van der Waals surface area (Å²) in [6.07, 6.45) is 1.26. The Morgan fingerprint density at radius 1 is 1.15 bits per heavy atom. The van der Waals surface area contributed by atoms with E-state index in [0.717, 1.165) is 6.42 Å². The first-order valence-electron chi connectivity index (χ1n) is 11.2. The number of nitrogens with one attached hydrogen (secondary N) is 1. The molecule has 2 heterocycles. The fourth-order valence-corrected chi connectivity index (χ4v) is 5.34. The molecular weight excluding hydrogens is 460 g/mol. The Morgan fingerprint density at radius 3 is 2.41 bits per heavy atom. The molecule has 1 aromatic heterocycles. The molecule has 0 saturated carbocycles. The van der Waals surface area contributed by atoms with Crippen molar-refractivity contribution in [2.75, 3.05) is 45.2 Å². The lowest BCUT2D eigenvalue weighted by molar-refractivity contribution is 0.0992. The van der Waals surface area contributed by atoms with E-state index in [1.165, 1.54) is 27.2 Å². The third-order valence-corrected chi connectivity index (χ3v) is 7.57. The number of ether oxygens (including phenoxy) is 1. The van der Waals surface area contributed by atoms with Gasteiger partial charge in [-0.15, -0.1) is 0 Å². The SMILES string of the molecule is CCCc1nn(C)c(C(N)=O)c1NC(=O)c1cc(S(=O)(=O)N2CCN(C)CC2)ccc1OCC. The summed E-state index contributed by atoms with van der Waals surface area (Å²) in [5.74, 6) is -1.12. The summed E-state index contributed by atoms with van der Waals surface area (Å²) in [6.45, 7) is 5.98. The number of nitrogens with two attached hydrogens (primary N) is 1. The molecule has 12 heteroatoms. The fraction of sp³-hybridized carbons (Fsp3) is 0.500. The van der Waals surface area contributed by atoms with Crippen LogP contribution in [-0.2, 0) is 23.5 Å². The van der Waals surface area contributed by atoms with Gasteiger partial charge in [-0.25, -0.2) is 8.42 Å². The Kier molecular flexibility index (Phi) is 7.95. The third-order valence-electron chi connectivity index (χ3n) is 5.67. The molecule has 1 aliphatic heterocycles. The number of hydrogen-bond donors (Lipinski definition) is 2. The van der Waals surface area contributed by atoms with Gasteiger partial charge in [0.05, 0.1) is 28.4 Å². The van der Waals surface area contributed by atoms with Crippen molar-refractivity contribution in [2.24, 2.45) is 12.8 Å². The van der Waals surface area contributed by atoms with Crippen LogP contribution in [0.15, 0.2) is 23.1 Å². The van der Waals surface area contributed by atoms with Crippen molar-refractivity contribution >= 4 is 27.5 Å². The molecule has 0 spiro atoms. The molecule has 2 amide bonds. The number of carbonyl (C=O) groups is 2. The predicted molar refractivity (Wildman–Crippen MR) is 128 cm³/mol. The standard InChI is InChI=1S/C22H32N6O5S/c1-5-7-17-19(20(21(23)29)27(4)25-17)24-22(30)16-14-15(8-9-18(16)33-6-2)34(31,32)28-12-10-26(3)11-13-28/h8-9,14H,5-7,10-13H2,1-4H3,(H2,23,29)(H,24,30). The highest BCUT2D eigenvalue weighted by Gasteiger charge is 2.30. The number of amides is 2. The van der Waals surface area contributed by atoms with Gasteiger partial charge in [0.2, 0.25) is 10.0 Å². The van der Waals surface area contributed by atoms with Crippen LogP contribution < -0.4 is 15.8 Å². The first kappa shape index (κ1) is 25.7. The largest absolute Gasteiger partial charge is 0.493 e. The molecule has 34 heavy (non-hydrogen) atoms. The van der Waals surface area contributed by atoms with Crippen molar-refractivity contribution in [1.82, 2.24) is 19.0 Å². The quantitative estimate of drug-likeness (QED) is 0.533. The second kappa shape index (κ2) is 10.5. The smallest absolute Gasteiger partial charge is 0.269 e. The van der Waals surface area contributed by atoms with Crippen molar-refractivity contribution in [3.8, 4) is 5.75 Å². The minimum atomic E-state index is -3.80. The zero-order valence-electron chi connectivity index (χ0n) is 20.0. The van der Waals surface area contributed by atoms with Gasteiger partial charge in [0, 0.05) is 33.2 Å². The highest BCUT2D eigenvalue weighted by Crippen LogP contribution is 2.28. The van der Waals surface area contributed by atoms with E-state index in [4.69, 9.17) is 10.5 Å². The number of sulfonamides is 1. The molecule has 0 bridgehead atoms. The lowest BCUT2D eigenvalue weighted by Gasteiger charge is -2.31. The molecule has 186 valence electrons. The van der Waals surface area contributed by atoms with Crippen LogP contribution in [0.4, 0.5) is 5.69 Å². The lowest BCUT2D eigenvalue weighted by atomic mass is 10.1. The average Bonchev–Trinajstić information content (AvgIpc) is 3.09. The van der Waals surface area contributed by atoms with Crippen LogP contribution in [0.5, 0.6) is 5.75 Å². The summed E-state index contributed by atoms with van der Waals surface area (Å²) in [4.78, 5) is 27.4. The molecule has 1 aliphatic rings. The second-order valence-corrected chi connectivity index (χ2v) is 10.1. The summed E-state index contributed by atoms with van der Waals surface area (Å²) in [5, 5.41) is 7.04. The van der Waals surface area contributed by atoms with Gasteiger partial charge in [0.1, 0.15) is 11.4 Å². The number of anilines is 1. The van der Waals surface area contributed by atoms with Crippen LogP contribution in [-0.4, -0.2) is 79.1 Å². The monoisotopic (exact) mass is 492 g/mol. The van der Waals surface area contributed by atoms with Gasteiger partial charge >= 0.3 is 0 Å². The van der Waals surface area contributed by atoms with Crippen molar-refractivity contribution in [2.45, 2.75) is 31.6 Å². The number of rotatable bonds is 9. The van der Waals surface area contributed by atoms with Gasteiger partial charge in [0.15, 0.2) is 0 Å². The molecule has 1 aromatic carbocycles. The first-order chi connectivity index (χ1) is 16.1. The average molecular weight is 493 g/mol. The predicted octanol–water partition coefficient (Wildman–Crippen LogP) is 1.06. The van der Waals surface area contributed by atoms with Crippen molar-refractivity contribution < 1.29 is 22.7 Å². The van der Waals surface area contributed by atoms with Crippen molar-refractivity contribution in [3.63, 3.8) is 0 Å². The Bertz CT molecular complexity index is 1170. The maximum Gasteiger partial charge on any atom is 0.269 e. The van der Waals surface area contributed by atoms with Gasteiger partial charge in [-0.3, -0.25) is 14.3 Å². The van der Waals surface area contributed by atoms with Gasteiger partial charge in [0.25, 0.3) is 11.8 Å². The van der Waals surface area contributed by atoms with E-state index in [1.807, 2.05) is 14.0 Å². The molecule has 3 N–H and O–H groups in total. The number of benzene rings is 1. The van der Waals surface area contributed by atoms with Crippen LogP contribution in [0.2, 0.25) is 0 Å². The highest BCUT2D eigenvalue weighted by molar-refractivity contribution is 7.89. The molecule has 1 saturated heterocycles. The fourth-order valence-electron chi connectivity index (χ4n) is 3.89. The maximum atomic E-state index is 13.4. The van der Waals surface area contributed by atoms with E-state index in [9.17, 15) is 18.0 Å². The molecule has 2 aromatic rings. The van der Waals surface area contributed by atoms with Crippen LogP contribution in [0.1, 0.15) is 46.8 Å². The number of nitrogens with zero attached hydrogens (tertiary/aromatic N) is 4. The number of piperazine rings is 1. The first-order valence-corrected chi connectivity index (χ1v) is 12.7. The van der Waals surface area contributed by atoms with E-state index in [2.05, 4.69) is 15.3 Å². The minimum Gasteiger partial charge on any atom is -0.493 e. The third kappa shape index (κ3) is 5.24. The topological polar surface area (TPSA) is 140 Å². The Labute approximate surface area is 199 Å². The number of carbonyl (C=O) groups excluding carboxylic acids is 2. The molecular formula is C22H32N6O5S. The van der Waals surface area contributed by atoms with E-state index in [0.29, 0.717) is 38.3 Å². The van der Waals surface area contributed by atoms with Crippen molar-refractivity contribution in [1.29, 1.82) is 0 Å². The van der Waals surface area contributed by atoms with Crippen LogP contribution >= 0.6 is 0 Å². The van der Waals surface area contributed by atoms with Gasteiger partial charge in [-0.1, -0.05) is 13.3 Å². The summed E-state index contributed by atoms with van der Waals surface area (Å²) in [7, 11) is -0.287. The number of primary amides is 1. The summed E-state index contributed by atoms with van der Waals surface area (Å²) in [6, 6.07) is 4.23. The lowest BCUT2D eigenvalue weighted by Crippen LogP contribution is -2.47. The van der Waals surface area contributed by atoms with E-state index in [1.54, 1.807) is 14.0 Å². The summed E-state index contributed by atoms with van der Waals surface area (Å²) >= 11 is 0. The molecule has 1 fully saturated rings. The van der Waals surface area contributed by atoms with Gasteiger partial charge in [-0.2, -0.15) is 9.40 Å². The zero-order chi connectivity index (χ0) is 25.0. The number of hydrogen-bond acceptors (Lipinski definition) is 7. The zero-order valence-corrected chi connectivity index (χ0v) is 20.8. The molecule has 3 rings (SSSR count). The Balaban J connectivity index is 2.00. The second-order valence-electron chi connectivity index (χ2n) is 8.16. The molecule has 0 aliphatic carbocycles. The number of likely N-dealkylation sites (N-methyl/N-ethyl adjacent to an activating group) is 1. The Morgan fingerprint density at radius 2 is 1.82 bits per heavy atom. The van der Waals surface area contributed by atoms with E-state index < -0.39 is 21.8 Å². The molecule has 0 radical (unpaired) electrons. The number of aryl methyl sites for hydroxylation is 2. The van der Waals surface area contributed by atoms with Crippen LogP contribution in [0, 0.1) is 0 Å². The number of aromatic nitrogens is 2. The Hall–Kier alpha value is -2.96. The van der Waals surface area contributed by atoms with Crippen LogP contribution in [0.25, 0.3) is 0 Å². The minimum absolute atomic E-state index is 0.000694. The van der Waals surface area contributed by atoms with E-state index >= 15 is 0 Å². The maximum absolute atomic E-state index is 13.4. The summed E-state index contributed by atoms with van der Waals surface area (Å²) < 4.78 is 34.8. The molecule has 11 nitrogen and oxygen atoms in total. The van der Waals surface area contributed by atoms with Gasteiger partial charge < -0.3 is 20.7 Å². The highest BCUT2D eigenvalue weighted by atomic mass is 32.2. The molecule has 0 atom stereocenters. The summed E-state index contributed by atoms with van der Waals surface area (Å²) in [5.41, 5.74) is 6.37.